The zero-order chi connectivity index (χ0) is 11.3. The van der Waals surface area contributed by atoms with E-state index in [9.17, 15) is 9.18 Å². The van der Waals surface area contributed by atoms with Crippen LogP contribution in [0.2, 0.25) is 0 Å². The number of carbonyl (C=O) groups is 1. The third-order valence-electron chi connectivity index (χ3n) is 1.87. The van der Waals surface area contributed by atoms with Gasteiger partial charge in [0, 0.05) is 12.6 Å². The van der Waals surface area contributed by atoms with Crippen LogP contribution in [0.4, 0.5) is 10.1 Å². The Morgan fingerprint density at radius 2 is 2.20 bits per heavy atom. The monoisotopic (exact) mass is 212 g/mol. The Bertz CT molecular complexity index is 344. The Kier molecular flexibility index (Phi) is 4.05. The molecule has 1 unspecified atom stereocenters. The number of hydrogen-bond acceptors (Lipinski definition) is 3. The molecule has 0 spiro atoms. The highest BCUT2D eigenvalue weighted by molar-refractivity contribution is 5.67. The summed E-state index contributed by atoms with van der Waals surface area (Å²) in [4.78, 5) is 10.3. The van der Waals surface area contributed by atoms with E-state index in [0.717, 1.165) is 0 Å². The SMILES string of the molecule is NC(CNc1ccccc1F)CC(=O)O. The van der Waals surface area contributed by atoms with E-state index in [2.05, 4.69) is 5.32 Å². The molecule has 0 aliphatic heterocycles. The lowest BCUT2D eigenvalue weighted by atomic mass is 10.2. The highest BCUT2D eigenvalue weighted by Gasteiger charge is 2.08. The van der Waals surface area contributed by atoms with Crippen molar-refractivity contribution in [2.24, 2.45) is 5.73 Å². The summed E-state index contributed by atoms with van der Waals surface area (Å²) in [5.41, 5.74) is 5.84. The molecule has 0 heterocycles. The van der Waals surface area contributed by atoms with Crippen LogP contribution in [0.15, 0.2) is 24.3 Å². The standard InChI is InChI=1S/C10H13FN2O2/c11-8-3-1-2-4-9(8)13-6-7(12)5-10(14)15/h1-4,7,13H,5-6,12H2,(H,14,15). The van der Waals surface area contributed by atoms with Crippen LogP contribution in [-0.2, 0) is 4.79 Å². The van der Waals surface area contributed by atoms with E-state index in [1.165, 1.54) is 6.07 Å². The van der Waals surface area contributed by atoms with Gasteiger partial charge in [-0.3, -0.25) is 4.79 Å². The van der Waals surface area contributed by atoms with Gasteiger partial charge in [-0.25, -0.2) is 4.39 Å². The molecule has 0 saturated heterocycles. The van der Waals surface area contributed by atoms with Crippen molar-refractivity contribution in [3.8, 4) is 0 Å². The molecule has 1 aromatic carbocycles. The summed E-state index contributed by atoms with van der Waals surface area (Å²) in [6, 6.07) is 5.64. The molecule has 0 saturated carbocycles. The van der Waals surface area contributed by atoms with E-state index in [1.807, 2.05) is 0 Å². The van der Waals surface area contributed by atoms with Gasteiger partial charge in [-0.15, -0.1) is 0 Å². The fraction of sp³-hybridized carbons (Fsp3) is 0.300. The van der Waals surface area contributed by atoms with E-state index in [4.69, 9.17) is 10.8 Å². The van der Waals surface area contributed by atoms with Gasteiger partial charge in [-0.05, 0) is 12.1 Å². The predicted octanol–water partition coefficient (Wildman–Crippen LogP) is 1.04. The van der Waals surface area contributed by atoms with Crippen LogP contribution >= 0.6 is 0 Å². The summed E-state index contributed by atoms with van der Waals surface area (Å²) in [6.07, 6.45) is -0.137. The minimum atomic E-state index is -0.960. The third kappa shape index (κ3) is 3.95. The summed E-state index contributed by atoms with van der Waals surface area (Å²) in [5.74, 6) is -1.34. The van der Waals surface area contributed by atoms with Gasteiger partial charge in [0.2, 0.25) is 0 Å². The molecule has 0 aliphatic carbocycles. The average molecular weight is 212 g/mol. The van der Waals surface area contributed by atoms with Gasteiger partial charge in [0.1, 0.15) is 5.82 Å². The van der Waals surface area contributed by atoms with Crippen molar-refractivity contribution in [3.63, 3.8) is 0 Å². The minimum Gasteiger partial charge on any atom is -0.481 e. The molecule has 0 aromatic heterocycles. The molecule has 1 rings (SSSR count). The second-order valence-corrected chi connectivity index (χ2v) is 3.22. The molecule has 1 aromatic rings. The first-order valence-electron chi connectivity index (χ1n) is 4.55. The van der Waals surface area contributed by atoms with E-state index in [-0.39, 0.29) is 18.8 Å². The predicted molar refractivity (Wildman–Crippen MR) is 55.1 cm³/mol. The quantitative estimate of drug-likeness (QED) is 0.681. The van der Waals surface area contributed by atoms with Crippen LogP contribution in [0, 0.1) is 5.82 Å². The topological polar surface area (TPSA) is 75.3 Å². The van der Waals surface area contributed by atoms with E-state index in [1.54, 1.807) is 18.2 Å². The number of benzene rings is 1. The number of para-hydroxylation sites is 1. The normalized spacial score (nSPS) is 12.1. The molecule has 5 heteroatoms. The molecule has 0 bridgehead atoms. The molecule has 15 heavy (non-hydrogen) atoms. The van der Waals surface area contributed by atoms with E-state index in [0.29, 0.717) is 5.69 Å². The number of aliphatic carboxylic acids is 1. The number of rotatable bonds is 5. The van der Waals surface area contributed by atoms with Crippen LogP contribution in [-0.4, -0.2) is 23.7 Å². The first kappa shape index (κ1) is 11.5. The summed E-state index contributed by atoms with van der Waals surface area (Å²) in [6.45, 7) is 0.229. The lowest BCUT2D eigenvalue weighted by Gasteiger charge is -2.11. The highest BCUT2D eigenvalue weighted by Crippen LogP contribution is 2.11. The Labute approximate surface area is 86.9 Å². The van der Waals surface area contributed by atoms with E-state index >= 15 is 0 Å². The third-order valence-corrected chi connectivity index (χ3v) is 1.87. The molecular weight excluding hydrogens is 199 g/mol. The molecule has 4 nitrogen and oxygen atoms in total. The maximum absolute atomic E-state index is 13.1. The highest BCUT2D eigenvalue weighted by atomic mass is 19.1. The van der Waals surface area contributed by atoms with Crippen molar-refractivity contribution in [2.45, 2.75) is 12.5 Å². The van der Waals surface area contributed by atoms with Crippen molar-refractivity contribution in [1.82, 2.24) is 0 Å². The summed E-state index contributed by atoms with van der Waals surface area (Å²) < 4.78 is 13.1. The van der Waals surface area contributed by atoms with Gasteiger partial charge in [0.15, 0.2) is 0 Å². The van der Waals surface area contributed by atoms with Crippen LogP contribution in [0.1, 0.15) is 6.42 Å². The number of nitrogens with one attached hydrogen (secondary N) is 1. The van der Waals surface area contributed by atoms with Crippen molar-refractivity contribution in [2.75, 3.05) is 11.9 Å². The van der Waals surface area contributed by atoms with Crippen molar-refractivity contribution in [1.29, 1.82) is 0 Å². The zero-order valence-corrected chi connectivity index (χ0v) is 8.11. The van der Waals surface area contributed by atoms with Crippen molar-refractivity contribution in [3.05, 3.63) is 30.1 Å². The number of anilines is 1. The lowest BCUT2D eigenvalue weighted by Crippen LogP contribution is -2.31. The summed E-state index contributed by atoms with van der Waals surface area (Å²) in [5, 5.41) is 11.2. The Morgan fingerprint density at radius 1 is 1.53 bits per heavy atom. The van der Waals surface area contributed by atoms with Gasteiger partial charge >= 0.3 is 5.97 Å². The van der Waals surface area contributed by atoms with Crippen LogP contribution < -0.4 is 11.1 Å². The number of hydrogen-bond donors (Lipinski definition) is 3. The van der Waals surface area contributed by atoms with Gasteiger partial charge in [-0.1, -0.05) is 12.1 Å². The average Bonchev–Trinajstić information content (AvgIpc) is 2.15. The maximum Gasteiger partial charge on any atom is 0.304 e. The molecule has 0 amide bonds. The Morgan fingerprint density at radius 3 is 2.80 bits per heavy atom. The largest absolute Gasteiger partial charge is 0.481 e. The summed E-state index contributed by atoms with van der Waals surface area (Å²) >= 11 is 0. The maximum atomic E-state index is 13.1. The van der Waals surface area contributed by atoms with Gasteiger partial charge in [-0.2, -0.15) is 0 Å². The Balaban J connectivity index is 2.43. The smallest absolute Gasteiger partial charge is 0.304 e. The zero-order valence-electron chi connectivity index (χ0n) is 8.11. The molecule has 0 fully saturated rings. The van der Waals surface area contributed by atoms with Crippen molar-refractivity contribution >= 4 is 11.7 Å². The van der Waals surface area contributed by atoms with Crippen LogP contribution in [0.5, 0.6) is 0 Å². The molecule has 0 radical (unpaired) electrons. The molecule has 82 valence electrons. The molecule has 1 atom stereocenters. The molecule has 4 N–H and O–H groups in total. The molecule has 0 aliphatic rings. The lowest BCUT2D eigenvalue weighted by molar-refractivity contribution is -0.137. The second kappa shape index (κ2) is 5.31. The van der Waals surface area contributed by atoms with Gasteiger partial charge in [0.25, 0.3) is 0 Å². The first-order chi connectivity index (χ1) is 7.09. The fourth-order valence-corrected chi connectivity index (χ4v) is 1.14. The fourth-order valence-electron chi connectivity index (χ4n) is 1.14. The minimum absolute atomic E-state index is 0.137. The number of carboxylic acids is 1. The van der Waals surface area contributed by atoms with Crippen LogP contribution in [0.3, 0.4) is 0 Å². The number of carboxylic acid groups (broad SMARTS) is 1. The van der Waals surface area contributed by atoms with Crippen molar-refractivity contribution < 1.29 is 14.3 Å². The number of nitrogens with two attached hydrogens (primary N) is 1. The van der Waals surface area contributed by atoms with Crippen LogP contribution in [0.25, 0.3) is 0 Å². The Hall–Kier alpha value is -1.62. The van der Waals surface area contributed by atoms with Gasteiger partial charge in [0.05, 0.1) is 12.1 Å². The first-order valence-corrected chi connectivity index (χ1v) is 4.55. The van der Waals surface area contributed by atoms with Gasteiger partial charge < -0.3 is 16.2 Å². The molecular formula is C10H13FN2O2. The number of halogens is 1. The summed E-state index contributed by atoms with van der Waals surface area (Å²) in [7, 11) is 0. The second-order valence-electron chi connectivity index (χ2n) is 3.22. The van der Waals surface area contributed by atoms with E-state index < -0.39 is 12.0 Å².